The van der Waals surface area contributed by atoms with Crippen LogP contribution < -0.4 is 20.4 Å². The average Bonchev–Trinajstić information content (AvgIpc) is 3.19. The van der Waals surface area contributed by atoms with Crippen molar-refractivity contribution in [3.8, 4) is 0 Å². The van der Waals surface area contributed by atoms with Gasteiger partial charge in [0.25, 0.3) is 0 Å². The molecule has 1 atom stereocenters. The minimum atomic E-state index is -0.0139. The van der Waals surface area contributed by atoms with Gasteiger partial charge in [0.05, 0.1) is 11.4 Å². The predicted octanol–water partition coefficient (Wildman–Crippen LogP) is 2.36. The molecule has 0 saturated carbocycles. The quantitative estimate of drug-likeness (QED) is 0.903. The first kappa shape index (κ1) is 15.9. The molecule has 0 radical (unpaired) electrons. The van der Waals surface area contributed by atoms with Crippen LogP contribution in [0.2, 0.25) is 0 Å². The molecule has 1 aromatic carbocycles. The maximum Gasteiger partial charge on any atom is 0.322 e. The van der Waals surface area contributed by atoms with Gasteiger partial charge in [-0.15, -0.1) is 0 Å². The van der Waals surface area contributed by atoms with Gasteiger partial charge in [0.2, 0.25) is 0 Å². The highest BCUT2D eigenvalue weighted by Crippen LogP contribution is 2.36. The summed E-state index contributed by atoms with van der Waals surface area (Å²) in [5, 5.41) is 6.44. The molecule has 1 unspecified atom stereocenters. The van der Waals surface area contributed by atoms with Crippen LogP contribution in [0.4, 0.5) is 22.0 Å². The molecule has 0 bridgehead atoms. The maximum atomic E-state index is 12.7. The number of aromatic nitrogens is 1. The zero-order valence-corrected chi connectivity index (χ0v) is 14.2. The summed E-state index contributed by atoms with van der Waals surface area (Å²) in [6, 6.07) is 13.9. The Bertz CT molecular complexity index is 730. The Morgan fingerprint density at radius 1 is 1.16 bits per heavy atom. The van der Waals surface area contributed by atoms with E-state index in [4.69, 9.17) is 0 Å². The zero-order chi connectivity index (χ0) is 17.1. The number of nitrogens with zero attached hydrogens (tertiary/aromatic N) is 3. The van der Waals surface area contributed by atoms with Crippen molar-refractivity contribution in [1.82, 2.24) is 15.6 Å². The summed E-state index contributed by atoms with van der Waals surface area (Å²) < 4.78 is 0. The van der Waals surface area contributed by atoms with Crippen molar-refractivity contribution in [2.75, 3.05) is 42.5 Å². The predicted molar refractivity (Wildman–Crippen MR) is 99.4 cm³/mol. The highest BCUT2D eigenvalue weighted by atomic mass is 16.2. The first-order chi connectivity index (χ1) is 12.3. The van der Waals surface area contributed by atoms with Crippen LogP contribution in [0.3, 0.4) is 0 Å². The van der Waals surface area contributed by atoms with E-state index in [2.05, 4.69) is 20.5 Å². The van der Waals surface area contributed by atoms with E-state index in [1.165, 1.54) is 0 Å². The fourth-order valence-corrected chi connectivity index (χ4v) is 3.54. The molecule has 4 rings (SSSR count). The lowest BCUT2D eigenvalue weighted by molar-refractivity contribution is 0.244. The summed E-state index contributed by atoms with van der Waals surface area (Å²) in [5.41, 5.74) is 1.95. The van der Waals surface area contributed by atoms with E-state index in [1.807, 2.05) is 47.4 Å². The number of benzene rings is 1. The Labute approximate surface area is 147 Å². The maximum absolute atomic E-state index is 12.7. The van der Waals surface area contributed by atoms with E-state index < -0.39 is 0 Å². The lowest BCUT2D eigenvalue weighted by Gasteiger charge is -2.37. The number of fused-ring (bicyclic) bond motifs is 1. The van der Waals surface area contributed by atoms with Crippen LogP contribution in [0.5, 0.6) is 0 Å². The molecule has 1 fully saturated rings. The molecular weight excluding hydrogens is 314 g/mol. The van der Waals surface area contributed by atoms with Gasteiger partial charge >= 0.3 is 6.03 Å². The number of pyridine rings is 1. The normalized spacial score (nSPS) is 19.6. The zero-order valence-electron chi connectivity index (χ0n) is 14.2. The van der Waals surface area contributed by atoms with Gasteiger partial charge in [0.15, 0.2) is 0 Å². The van der Waals surface area contributed by atoms with Gasteiger partial charge in [-0.05, 0) is 49.7 Å². The van der Waals surface area contributed by atoms with Crippen molar-refractivity contribution in [3.05, 3.63) is 48.7 Å². The molecule has 0 aliphatic carbocycles. The van der Waals surface area contributed by atoms with Gasteiger partial charge in [0, 0.05) is 25.8 Å². The summed E-state index contributed by atoms with van der Waals surface area (Å²) in [5.74, 6) is 1.45. The number of para-hydroxylation sites is 2. The number of carbonyl (C=O) groups excluding carboxylic acids is 1. The largest absolute Gasteiger partial charge is 0.337 e. The first-order valence-electron chi connectivity index (χ1n) is 8.86. The Kier molecular flexibility index (Phi) is 4.52. The number of urea groups is 1. The molecule has 2 amide bonds. The highest BCUT2D eigenvalue weighted by Gasteiger charge is 2.28. The number of rotatable bonds is 3. The molecule has 1 saturated heterocycles. The van der Waals surface area contributed by atoms with Crippen molar-refractivity contribution >= 4 is 23.2 Å². The number of nitrogens with one attached hydrogen (secondary N) is 2. The molecule has 130 valence electrons. The highest BCUT2D eigenvalue weighted by molar-refractivity contribution is 5.97. The lowest BCUT2D eigenvalue weighted by atomic mass is 10.1. The van der Waals surface area contributed by atoms with E-state index in [0.717, 1.165) is 49.8 Å². The minimum Gasteiger partial charge on any atom is -0.337 e. The molecule has 2 aliphatic rings. The van der Waals surface area contributed by atoms with Crippen molar-refractivity contribution in [2.24, 2.45) is 5.92 Å². The van der Waals surface area contributed by atoms with Crippen molar-refractivity contribution in [1.29, 1.82) is 0 Å². The summed E-state index contributed by atoms with van der Waals surface area (Å²) in [6.07, 6.45) is 2.93. The molecular formula is C19H23N5O. The first-order valence-corrected chi connectivity index (χ1v) is 8.86. The second kappa shape index (κ2) is 7.11. The topological polar surface area (TPSA) is 60.5 Å². The van der Waals surface area contributed by atoms with Crippen molar-refractivity contribution < 1.29 is 4.79 Å². The third-order valence-electron chi connectivity index (χ3n) is 4.89. The van der Waals surface area contributed by atoms with Gasteiger partial charge in [0.1, 0.15) is 5.82 Å². The van der Waals surface area contributed by atoms with Gasteiger partial charge in [-0.1, -0.05) is 18.2 Å². The Morgan fingerprint density at radius 3 is 2.76 bits per heavy atom. The van der Waals surface area contributed by atoms with Gasteiger partial charge in [-0.2, -0.15) is 0 Å². The minimum absolute atomic E-state index is 0.0139. The van der Waals surface area contributed by atoms with E-state index in [-0.39, 0.29) is 6.03 Å². The smallest absolute Gasteiger partial charge is 0.322 e. The van der Waals surface area contributed by atoms with Crippen LogP contribution in [-0.2, 0) is 0 Å². The Morgan fingerprint density at radius 2 is 2.00 bits per heavy atom. The number of hydrogen-bond donors (Lipinski definition) is 2. The van der Waals surface area contributed by atoms with Crippen LogP contribution in [0, 0.1) is 5.92 Å². The van der Waals surface area contributed by atoms with E-state index in [1.54, 1.807) is 6.20 Å². The summed E-state index contributed by atoms with van der Waals surface area (Å²) in [4.78, 5) is 21.2. The van der Waals surface area contributed by atoms with E-state index in [9.17, 15) is 4.79 Å². The Balaban J connectivity index is 1.53. The third-order valence-corrected chi connectivity index (χ3v) is 4.89. The molecule has 6 heteroatoms. The fraction of sp³-hybridized carbons (Fsp3) is 0.368. The second-order valence-electron chi connectivity index (χ2n) is 6.52. The van der Waals surface area contributed by atoms with Gasteiger partial charge < -0.3 is 15.5 Å². The molecule has 6 nitrogen and oxygen atoms in total. The molecule has 0 spiro atoms. The van der Waals surface area contributed by atoms with E-state index in [0.29, 0.717) is 12.5 Å². The lowest BCUT2D eigenvalue weighted by Crippen LogP contribution is -2.48. The third kappa shape index (κ3) is 3.30. The van der Waals surface area contributed by atoms with Crippen LogP contribution in [0.25, 0.3) is 0 Å². The van der Waals surface area contributed by atoms with Crippen molar-refractivity contribution in [2.45, 2.75) is 6.42 Å². The van der Waals surface area contributed by atoms with Crippen LogP contribution in [-0.4, -0.2) is 43.7 Å². The molecule has 2 aliphatic heterocycles. The van der Waals surface area contributed by atoms with E-state index >= 15 is 0 Å². The molecule has 2 N–H and O–H groups in total. The summed E-state index contributed by atoms with van der Waals surface area (Å²) >= 11 is 0. The SMILES string of the molecule is O=C(NCC1CCNC1)N1CCN(c2ccccn2)c2ccccc21. The standard InChI is InChI=1S/C19H23N5O/c25-19(22-14-15-8-10-20-13-15)24-12-11-23(18-7-3-4-9-21-18)16-5-1-2-6-17(16)24/h1-7,9,15,20H,8,10-14H2,(H,22,25). The second-order valence-corrected chi connectivity index (χ2v) is 6.52. The van der Waals surface area contributed by atoms with Crippen LogP contribution in [0.15, 0.2) is 48.7 Å². The Hall–Kier alpha value is -2.60. The molecule has 2 aromatic rings. The van der Waals surface area contributed by atoms with Crippen LogP contribution in [0.1, 0.15) is 6.42 Å². The fourth-order valence-electron chi connectivity index (χ4n) is 3.54. The molecule has 25 heavy (non-hydrogen) atoms. The number of anilines is 3. The van der Waals surface area contributed by atoms with Gasteiger partial charge in [-0.3, -0.25) is 4.90 Å². The number of hydrogen-bond acceptors (Lipinski definition) is 4. The average molecular weight is 337 g/mol. The van der Waals surface area contributed by atoms with Crippen LogP contribution >= 0.6 is 0 Å². The molecule has 3 heterocycles. The van der Waals surface area contributed by atoms with Gasteiger partial charge in [-0.25, -0.2) is 9.78 Å². The van der Waals surface area contributed by atoms with Crippen molar-refractivity contribution in [3.63, 3.8) is 0 Å². The summed E-state index contributed by atoms with van der Waals surface area (Å²) in [7, 11) is 0. The number of carbonyl (C=O) groups is 1. The number of amides is 2. The summed E-state index contributed by atoms with van der Waals surface area (Å²) in [6.45, 7) is 4.14. The molecule has 1 aromatic heterocycles. The monoisotopic (exact) mass is 337 g/mol.